The van der Waals surface area contributed by atoms with E-state index in [9.17, 15) is 0 Å². The first-order chi connectivity index (χ1) is 6.65. The number of hydrogen-bond acceptors (Lipinski definition) is 0. The zero-order chi connectivity index (χ0) is 10.6. The van der Waals surface area contributed by atoms with E-state index < -0.39 is 0 Å². The Balaban J connectivity index is 2.74. The van der Waals surface area contributed by atoms with Crippen LogP contribution in [-0.2, 0) is 0 Å². The van der Waals surface area contributed by atoms with Gasteiger partial charge in [-0.3, -0.25) is 0 Å². The Hall–Kier alpha value is -0.520. The van der Waals surface area contributed by atoms with Crippen molar-refractivity contribution in [2.75, 3.05) is 0 Å². The molecule has 1 aliphatic rings. The lowest BCUT2D eigenvalue weighted by Crippen LogP contribution is -2.33. The highest BCUT2D eigenvalue weighted by atomic mass is 14.4. The van der Waals surface area contributed by atoms with Crippen LogP contribution in [0.5, 0.6) is 0 Å². The second kappa shape index (κ2) is 4.82. The highest BCUT2D eigenvalue weighted by Crippen LogP contribution is 2.45. The topological polar surface area (TPSA) is 0 Å². The van der Waals surface area contributed by atoms with Gasteiger partial charge in [-0.15, -0.1) is 0 Å². The molecule has 3 unspecified atom stereocenters. The normalized spacial score (nSPS) is 27.3. The maximum Gasteiger partial charge on any atom is -0.00553 e. The molecule has 0 fully saturated rings. The molecule has 0 heterocycles. The number of rotatable bonds is 5. The van der Waals surface area contributed by atoms with Crippen molar-refractivity contribution in [3.8, 4) is 0 Å². The molecule has 1 rings (SSSR count). The lowest BCUT2D eigenvalue weighted by molar-refractivity contribution is 0.177. The van der Waals surface area contributed by atoms with E-state index in [0.717, 1.165) is 11.8 Å². The van der Waals surface area contributed by atoms with E-state index in [2.05, 4.69) is 52.0 Å². The fourth-order valence-corrected chi connectivity index (χ4v) is 2.49. The van der Waals surface area contributed by atoms with Crippen LogP contribution in [0, 0.1) is 17.3 Å². The van der Waals surface area contributed by atoms with E-state index in [1.807, 2.05) is 0 Å². The minimum absolute atomic E-state index is 0.388. The molecular weight excluding hydrogens is 168 g/mol. The van der Waals surface area contributed by atoms with Gasteiger partial charge in [-0.1, -0.05) is 57.9 Å². The first kappa shape index (κ1) is 11.6. The van der Waals surface area contributed by atoms with Crippen LogP contribution in [0.3, 0.4) is 0 Å². The van der Waals surface area contributed by atoms with Crippen molar-refractivity contribution >= 4 is 0 Å². The first-order valence-corrected chi connectivity index (χ1v) is 5.95. The van der Waals surface area contributed by atoms with Crippen molar-refractivity contribution in [1.29, 1.82) is 0 Å². The molecule has 0 saturated heterocycles. The smallest absolute Gasteiger partial charge is 0.00553 e. The average molecular weight is 192 g/mol. The third-order valence-corrected chi connectivity index (χ3v) is 3.87. The quantitative estimate of drug-likeness (QED) is 0.559. The van der Waals surface area contributed by atoms with Crippen molar-refractivity contribution in [1.82, 2.24) is 0 Å². The van der Waals surface area contributed by atoms with Gasteiger partial charge in [0.25, 0.3) is 0 Å². The van der Waals surface area contributed by atoms with E-state index >= 15 is 0 Å². The summed E-state index contributed by atoms with van der Waals surface area (Å²) in [6.07, 6.45) is 13.2. The summed E-state index contributed by atoms with van der Waals surface area (Å²) in [7, 11) is 0. The molecule has 0 spiro atoms. The standard InChI is InChI=1S/C14H24/c1-5-8-12(3)14(4,11-6-2)13-9-7-10-13/h6-7,9,11-13H,5,8,10H2,1-4H3. The summed E-state index contributed by atoms with van der Waals surface area (Å²) in [6, 6.07) is 0. The molecule has 0 aromatic carbocycles. The fourth-order valence-electron chi connectivity index (χ4n) is 2.49. The van der Waals surface area contributed by atoms with Gasteiger partial charge in [0.1, 0.15) is 0 Å². The van der Waals surface area contributed by atoms with Crippen LogP contribution in [0.2, 0.25) is 0 Å². The summed E-state index contributed by atoms with van der Waals surface area (Å²) in [5, 5.41) is 0. The Bertz CT molecular complexity index is 224. The van der Waals surface area contributed by atoms with Gasteiger partial charge in [0.2, 0.25) is 0 Å². The van der Waals surface area contributed by atoms with Crippen LogP contribution in [-0.4, -0.2) is 0 Å². The van der Waals surface area contributed by atoms with E-state index in [1.165, 1.54) is 19.3 Å². The third-order valence-electron chi connectivity index (χ3n) is 3.87. The van der Waals surface area contributed by atoms with Gasteiger partial charge in [0, 0.05) is 0 Å². The zero-order valence-electron chi connectivity index (χ0n) is 10.1. The molecule has 0 bridgehead atoms. The van der Waals surface area contributed by atoms with Gasteiger partial charge in [0.05, 0.1) is 0 Å². The molecule has 0 N–H and O–H groups in total. The number of allylic oxidation sites excluding steroid dienone is 4. The van der Waals surface area contributed by atoms with Crippen molar-refractivity contribution in [3.05, 3.63) is 24.3 Å². The Morgan fingerprint density at radius 2 is 2.21 bits per heavy atom. The van der Waals surface area contributed by atoms with Crippen molar-refractivity contribution in [3.63, 3.8) is 0 Å². The van der Waals surface area contributed by atoms with Crippen molar-refractivity contribution in [2.24, 2.45) is 17.3 Å². The summed E-state index contributed by atoms with van der Waals surface area (Å²) in [4.78, 5) is 0. The second-order valence-electron chi connectivity index (χ2n) is 4.83. The zero-order valence-corrected chi connectivity index (χ0v) is 10.1. The van der Waals surface area contributed by atoms with Crippen LogP contribution in [0.4, 0.5) is 0 Å². The van der Waals surface area contributed by atoms with Gasteiger partial charge >= 0.3 is 0 Å². The summed E-state index contributed by atoms with van der Waals surface area (Å²) in [5.74, 6) is 1.57. The van der Waals surface area contributed by atoms with Gasteiger partial charge in [-0.25, -0.2) is 0 Å². The minimum atomic E-state index is 0.388. The predicted molar refractivity (Wildman–Crippen MR) is 64.2 cm³/mol. The Morgan fingerprint density at radius 1 is 1.57 bits per heavy atom. The second-order valence-corrected chi connectivity index (χ2v) is 4.83. The Labute approximate surface area is 89.1 Å². The molecule has 0 aromatic rings. The van der Waals surface area contributed by atoms with Crippen molar-refractivity contribution < 1.29 is 0 Å². The maximum absolute atomic E-state index is 2.42. The lowest BCUT2D eigenvalue weighted by atomic mass is 9.63. The Kier molecular flexibility index (Phi) is 3.97. The van der Waals surface area contributed by atoms with E-state index in [1.54, 1.807) is 0 Å². The van der Waals surface area contributed by atoms with Gasteiger partial charge < -0.3 is 0 Å². The number of hydrogen-bond donors (Lipinski definition) is 0. The SMILES string of the molecule is CC=CC(C)(C(C)CCC)C1C=CC1. The first-order valence-electron chi connectivity index (χ1n) is 5.95. The summed E-state index contributed by atoms with van der Waals surface area (Å²) in [5.41, 5.74) is 0.388. The van der Waals surface area contributed by atoms with E-state index in [-0.39, 0.29) is 0 Å². The summed E-state index contributed by atoms with van der Waals surface area (Å²) < 4.78 is 0. The highest BCUT2D eigenvalue weighted by molar-refractivity contribution is 5.15. The lowest BCUT2D eigenvalue weighted by Gasteiger charge is -2.42. The monoisotopic (exact) mass is 192 g/mol. The van der Waals surface area contributed by atoms with Crippen LogP contribution < -0.4 is 0 Å². The molecule has 0 nitrogen and oxygen atoms in total. The summed E-state index contributed by atoms with van der Waals surface area (Å²) in [6.45, 7) is 9.24. The third kappa shape index (κ3) is 2.10. The fraction of sp³-hybridized carbons (Fsp3) is 0.714. The average Bonchev–Trinajstić information content (AvgIpc) is 2.01. The molecule has 0 aromatic heterocycles. The largest absolute Gasteiger partial charge is 0.0911 e. The molecule has 3 atom stereocenters. The molecule has 0 amide bonds. The van der Waals surface area contributed by atoms with E-state index in [4.69, 9.17) is 0 Å². The predicted octanol–water partition coefficient (Wildman–Crippen LogP) is 4.58. The summed E-state index contributed by atoms with van der Waals surface area (Å²) >= 11 is 0. The van der Waals surface area contributed by atoms with Crippen molar-refractivity contribution in [2.45, 2.75) is 47.0 Å². The van der Waals surface area contributed by atoms with Crippen LogP contribution in [0.15, 0.2) is 24.3 Å². The van der Waals surface area contributed by atoms with Gasteiger partial charge in [0.15, 0.2) is 0 Å². The molecule has 0 heteroatoms. The molecular formula is C14H24. The van der Waals surface area contributed by atoms with Crippen LogP contribution >= 0.6 is 0 Å². The molecule has 0 aliphatic heterocycles. The molecule has 1 aliphatic carbocycles. The van der Waals surface area contributed by atoms with Gasteiger partial charge in [-0.2, -0.15) is 0 Å². The van der Waals surface area contributed by atoms with Crippen LogP contribution in [0.1, 0.15) is 47.0 Å². The Morgan fingerprint density at radius 3 is 2.57 bits per heavy atom. The van der Waals surface area contributed by atoms with E-state index in [0.29, 0.717) is 5.41 Å². The maximum atomic E-state index is 2.42. The molecule has 0 saturated carbocycles. The highest BCUT2D eigenvalue weighted by Gasteiger charge is 2.36. The minimum Gasteiger partial charge on any atom is -0.0911 e. The van der Waals surface area contributed by atoms with Gasteiger partial charge in [-0.05, 0) is 30.6 Å². The molecule has 80 valence electrons. The van der Waals surface area contributed by atoms with Crippen LogP contribution in [0.25, 0.3) is 0 Å². The molecule has 0 radical (unpaired) electrons. The molecule has 14 heavy (non-hydrogen) atoms.